The molecule has 20 heavy (non-hydrogen) atoms. The molecular weight excluding hydrogens is 295 g/mol. The number of hydrogen-bond donors (Lipinski definition) is 0. The molecule has 1 aromatic carbocycles. The highest BCUT2D eigenvalue weighted by molar-refractivity contribution is 7.87. The average Bonchev–Trinajstić information content (AvgIpc) is 2.36. The van der Waals surface area contributed by atoms with Crippen molar-refractivity contribution in [3.05, 3.63) is 48.7 Å². The summed E-state index contributed by atoms with van der Waals surface area (Å²) in [6, 6.07) is 7.67. The molecule has 4 nitrogen and oxygen atoms in total. The number of fused-ring (bicyclic) bond motifs is 1. The number of rotatable bonds is 3. The lowest BCUT2D eigenvalue weighted by molar-refractivity contribution is -0.0509. The molecule has 0 amide bonds. The summed E-state index contributed by atoms with van der Waals surface area (Å²) in [5.41, 5.74) is -4.75. The Kier molecular flexibility index (Phi) is 3.43. The van der Waals surface area contributed by atoms with Crippen molar-refractivity contribution in [2.24, 2.45) is 0 Å². The molecule has 0 spiro atoms. The molecule has 8 heteroatoms. The van der Waals surface area contributed by atoms with E-state index >= 15 is 0 Å². The van der Waals surface area contributed by atoms with E-state index in [1.165, 1.54) is 18.2 Å². The molecule has 0 saturated heterocycles. The maximum atomic E-state index is 12.2. The summed E-state index contributed by atoms with van der Waals surface area (Å²) in [6.45, 7) is 3.21. The molecule has 1 aromatic heterocycles. The predicted molar refractivity (Wildman–Crippen MR) is 66.8 cm³/mol. The van der Waals surface area contributed by atoms with Crippen molar-refractivity contribution in [2.45, 2.75) is 5.51 Å². The maximum Gasteiger partial charge on any atom is 0.534 e. The van der Waals surface area contributed by atoms with Crippen LogP contribution in [0.2, 0.25) is 0 Å². The highest BCUT2D eigenvalue weighted by Crippen LogP contribution is 2.29. The van der Waals surface area contributed by atoms with Crippen LogP contribution in [0, 0.1) is 0 Å². The van der Waals surface area contributed by atoms with Crippen LogP contribution < -0.4 is 0 Å². The molecular formula is C12H8F3NO3S. The van der Waals surface area contributed by atoms with E-state index in [1.807, 2.05) is 0 Å². The van der Waals surface area contributed by atoms with Crippen molar-refractivity contribution in [2.75, 3.05) is 0 Å². The van der Waals surface area contributed by atoms with Crippen molar-refractivity contribution >= 4 is 26.8 Å². The van der Waals surface area contributed by atoms with E-state index in [1.54, 1.807) is 18.3 Å². The number of nitrogens with zero attached hydrogens (tertiary/aromatic N) is 1. The fraction of sp³-hybridized carbons (Fsp3) is 0.0833. The molecule has 0 aliphatic heterocycles. The van der Waals surface area contributed by atoms with Crippen LogP contribution in [-0.4, -0.2) is 18.9 Å². The standard InChI is InChI=1S/C12H8F3NO3S/c1-8(19-20(17,18)12(13,14)15)9-4-5-11-10(7-9)3-2-6-16-11/h2-7H,1H2. The van der Waals surface area contributed by atoms with Gasteiger partial charge in [-0.3, -0.25) is 4.98 Å². The van der Waals surface area contributed by atoms with Gasteiger partial charge in [0.15, 0.2) is 0 Å². The first-order valence-electron chi connectivity index (χ1n) is 5.25. The third-order valence-electron chi connectivity index (χ3n) is 2.42. The summed E-state index contributed by atoms with van der Waals surface area (Å²) < 4.78 is 62.3. The van der Waals surface area contributed by atoms with Crippen LogP contribution in [0.3, 0.4) is 0 Å². The van der Waals surface area contributed by atoms with Crippen LogP contribution in [-0.2, 0) is 14.3 Å². The average molecular weight is 303 g/mol. The first-order valence-corrected chi connectivity index (χ1v) is 6.66. The fourth-order valence-electron chi connectivity index (χ4n) is 1.48. The number of aromatic nitrogens is 1. The van der Waals surface area contributed by atoms with Crippen LogP contribution >= 0.6 is 0 Å². The number of pyridine rings is 1. The molecule has 2 rings (SSSR count). The lowest BCUT2D eigenvalue weighted by Gasteiger charge is -2.11. The van der Waals surface area contributed by atoms with Gasteiger partial charge in [-0.1, -0.05) is 12.6 Å². The van der Waals surface area contributed by atoms with Gasteiger partial charge in [-0.05, 0) is 24.3 Å². The quantitative estimate of drug-likeness (QED) is 0.497. The molecule has 0 atom stereocenters. The molecule has 0 bridgehead atoms. The summed E-state index contributed by atoms with van der Waals surface area (Å²) in [7, 11) is -5.71. The summed E-state index contributed by atoms with van der Waals surface area (Å²) in [5, 5.41) is 0.624. The molecule has 0 saturated carbocycles. The second-order valence-electron chi connectivity index (χ2n) is 3.82. The van der Waals surface area contributed by atoms with Crippen LogP contribution in [0.4, 0.5) is 13.2 Å². The molecule has 2 aromatic rings. The molecule has 1 heterocycles. The molecule has 0 radical (unpaired) electrons. The Morgan fingerprint density at radius 1 is 1.25 bits per heavy atom. The highest BCUT2D eigenvalue weighted by Gasteiger charge is 2.48. The zero-order valence-electron chi connectivity index (χ0n) is 9.89. The Labute approximate surface area is 112 Å². The summed E-state index contributed by atoms with van der Waals surface area (Å²) in [5.74, 6) is -0.604. The summed E-state index contributed by atoms with van der Waals surface area (Å²) >= 11 is 0. The predicted octanol–water partition coefficient (Wildman–Crippen LogP) is 3.07. The van der Waals surface area contributed by atoms with Gasteiger partial charge in [-0.25, -0.2) is 0 Å². The van der Waals surface area contributed by atoms with Gasteiger partial charge in [0.25, 0.3) is 0 Å². The molecule has 106 valence electrons. The van der Waals surface area contributed by atoms with Gasteiger partial charge < -0.3 is 4.18 Å². The molecule has 0 aliphatic carbocycles. The highest BCUT2D eigenvalue weighted by atomic mass is 32.2. The Morgan fingerprint density at radius 3 is 2.60 bits per heavy atom. The molecule has 0 unspecified atom stereocenters. The van der Waals surface area contributed by atoms with Gasteiger partial charge in [0.05, 0.1) is 5.52 Å². The molecule has 0 aliphatic rings. The normalized spacial score (nSPS) is 12.3. The zero-order valence-corrected chi connectivity index (χ0v) is 10.7. The van der Waals surface area contributed by atoms with Crippen molar-refractivity contribution in [1.82, 2.24) is 4.98 Å². The first kappa shape index (κ1) is 14.3. The van der Waals surface area contributed by atoms with E-state index in [4.69, 9.17) is 0 Å². The topological polar surface area (TPSA) is 56.3 Å². The van der Waals surface area contributed by atoms with E-state index in [-0.39, 0.29) is 5.56 Å². The van der Waals surface area contributed by atoms with Crippen LogP contribution in [0.15, 0.2) is 43.1 Å². The molecule has 0 fully saturated rings. The van der Waals surface area contributed by atoms with E-state index in [9.17, 15) is 21.6 Å². The SMILES string of the molecule is C=C(OS(=O)(=O)C(F)(F)F)c1ccc2ncccc2c1. The van der Waals surface area contributed by atoms with Crippen LogP contribution in [0.5, 0.6) is 0 Å². The van der Waals surface area contributed by atoms with Gasteiger partial charge in [0.1, 0.15) is 5.76 Å². The van der Waals surface area contributed by atoms with Gasteiger partial charge in [0.2, 0.25) is 0 Å². The van der Waals surface area contributed by atoms with Crippen molar-refractivity contribution in [3.8, 4) is 0 Å². The van der Waals surface area contributed by atoms with Gasteiger partial charge in [0, 0.05) is 17.1 Å². The minimum absolute atomic E-state index is 0.123. The Balaban J connectivity index is 2.33. The largest absolute Gasteiger partial charge is 0.534 e. The minimum Gasteiger partial charge on any atom is -0.376 e. The lowest BCUT2D eigenvalue weighted by atomic mass is 10.1. The zero-order chi connectivity index (χ0) is 15.0. The smallest absolute Gasteiger partial charge is 0.376 e. The first-order chi connectivity index (χ1) is 9.21. The Bertz CT molecular complexity index is 769. The number of halogens is 3. The lowest BCUT2D eigenvalue weighted by Crippen LogP contribution is -2.24. The monoisotopic (exact) mass is 303 g/mol. The number of hydrogen-bond acceptors (Lipinski definition) is 4. The van der Waals surface area contributed by atoms with E-state index in [2.05, 4.69) is 15.7 Å². The van der Waals surface area contributed by atoms with E-state index in [0.717, 1.165) is 0 Å². The van der Waals surface area contributed by atoms with Crippen molar-refractivity contribution < 1.29 is 25.8 Å². The number of alkyl halides is 3. The summed E-state index contributed by atoms with van der Waals surface area (Å²) in [6.07, 6.45) is 1.56. The summed E-state index contributed by atoms with van der Waals surface area (Å²) in [4.78, 5) is 4.03. The van der Waals surface area contributed by atoms with Crippen molar-refractivity contribution in [1.29, 1.82) is 0 Å². The Hall–Kier alpha value is -2.09. The third kappa shape index (κ3) is 2.74. The second kappa shape index (κ2) is 4.78. The van der Waals surface area contributed by atoms with Crippen molar-refractivity contribution in [3.63, 3.8) is 0 Å². The van der Waals surface area contributed by atoms with Gasteiger partial charge in [-0.15, -0.1) is 0 Å². The van der Waals surface area contributed by atoms with E-state index < -0.39 is 21.4 Å². The minimum atomic E-state index is -5.71. The van der Waals surface area contributed by atoms with Crippen LogP contribution in [0.1, 0.15) is 5.56 Å². The van der Waals surface area contributed by atoms with E-state index in [0.29, 0.717) is 10.9 Å². The third-order valence-corrected chi connectivity index (χ3v) is 3.41. The van der Waals surface area contributed by atoms with Gasteiger partial charge in [-0.2, -0.15) is 21.6 Å². The Morgan fingerprint density at radius 2 is 1.95 bits per heavy atom. The second-order valence-corrected chi connectivity index (χ2v) is 5.36. The maximum absolute atomic E-state index is 12.2. The fourth-order valence-corrected chi connectivity index (χ4v) is 1.93. The molecule has 0 N–H and O–H groups in total. The van der Waals surface area contributed by atoms with Gasteiger partial charge >= 0.3 is 15.6 Å². The van der Waals surface area contributed by atoms with Crippen LogP contribution in [0.25, 0.3) is 16.7 Å². The number of benzene rings is 1.